The van der Waals surface area contributed by atoms with Crippen LogP contribution in [0, 0.1) is 12.3 Å². The third kappa shape index (κ3) is 4.73. The van der Waals surface area contributed by atoms with Gasteiger partial charge in [0.25, 0.3) is 0 Å². The Kier molecular flexibility index (Phi) is 7.14. The summed E-state index contributed by atoms with van der Waals surface area (Å²) in [5, 5.41) is 0.825. The maximum absolute atomic E-state index is 6.56. The molecule has 0 aliphatic heterocycles. The second-order valence-electron chi connectivity index (χ2n) is 7.82. The quantitative estimate of drug-likeness (QED) is 0.463. The van der Waals surface area contributed by atoms with Gasteiger partial charge in [0.2, 0.25) is 0 Å². The molecule has 0 radical (unpaired) electrons. The van der Waals surface area contributed by atoms with Crippen molar-refractivity contribution in [2.75, 3.05) is 0 Å². The van der Waals surface area contributed by atoms with Crippen molar-refractivity contribution in [3.8, 4) is 0 Å². The Labute approximate surface area is 148 Å². The van der Waals surface area contributed by atoms with Crippen LogP contribution in [0.25, 0.3) is 5.57 Å². The fourth-order valence-electron chi connectivity index (χ4n) is 3.42. The molecule has 1 aromatic rings. The Hall–Kier alpha value is -1.01. The molecule has 1 aromatic carbocycles. The van der Waals surface area contributed by atoms with Crippen LogP contribution >= 0.6 is 11.6 Å². The van der Waals surface area contributed by atoms with E-state index in [-0.39, 0.29) is 5.41 Å². The van der Waals surface area contributed by atoms with Gasteiger partial charge in [0.15, 0.2) is 0 Å². The molecule has 23 heavy (non-hydrogen) atoms. The second-order valence-corrected chi connectivity index (χ2v) is 8.22. The molecule has 1 rings (SSSR count). The van der Waals surface area contributed by atoms with Crippen LogP contribution in [-0.4, -0.2) is 0 Å². The average Bonchev–Trinajstić information content (AvgIpc) is 2.44. The van der Waals surface area contributed by atoms with Gasteiger partial charge in [-0.1, -0.05) is 76.4 Å². The minimum Gasteiger partial charge on any atom is -0.0984 e. The summed E-state index contributed by atoms with van der Waals surface area (Å²) < 4.78 is 0. The molecule has 0 aliphatic rings. The summed E-state index contributed by atoms with van der Waals surface area (Å²) in [4.78, 5) is 0. The lowest BCUT2D eigenvalue weighted by atomic mass is 9.72. The molecule has 0 nitrogen and oxygen atoms in total. The molecule has 1 heteroatoms. The lowest BCUT2D eigenvalue weighted by Gasteiger charge is -2.33. The van der Waals surface area contributed by atoms with Gasteiger partial charge in [-0.25, -0.2) is 0 Å². The highest BCUT2D eigenvalue weighted by atomic mass is 35.5. The molecule has 0 amide bonds. The van der Waals surface area contributed by atoms with Crippen molar-refractivity contribution in [2.24, 2.45) is 5.41 Å². The van der Waals surface area contributed by atoms with Crippen LogP contribution in [0.1, 0.15) is 83.4 Å². The number of benzene rings is 1. The normalized spacial score (nSPS) is 12.9. The SMILES string of the molecule is C=CC(=C(C)C)c1c(Cl)ccc(C(CCCC)C(C)(C)C)c1C. The van der Waals surface area contributed by atoms with E-state index in [2.05, 4.69) is 67.2 Å². The van der Waals surface area contributed by atoms with Gasteiger partial charge in [-0.15, -0.1) is 0 Å². The predicted octanol–water partition coefficient (Wildman–Crippen LogP) is 7.95. The van der Waals surface area contributed by atoms with E-state index in [1.165, 1.54) is 36.0 Å². The molecular weight excluding hydrogens is 300 g/mol. The molecule has 1 unspecified atom stereocenters. The van der Waals surface area contributed by atoms with Gasteiger partial charge in [-0.2, -0.15) is 0 Å². The summed E-state index contributed by atoms with van der Waals surface area (Å²) in [7, 11) is 0. The van der Waals surface area contributed by atoms with Crippen molar-refractivity contribution in [3.63, 3.8) is 0 Å². The Morgan fingerprint density at radius 2 is 1.87 bits per heavy atom. The summed E-state index contributed by atoms with van der Waals surface area (Å²) in [6.07, 6.45) is 5.65. The summed E-state index contributed by atoms with van der Waals surface area (Å²) in [5.74, 6) is 0.543. The zero-order chi connectivity index (χ0) is 17.8. The fourth-order valence-corrected chi connectivity index (χ4v) is 3.73. The van der Waals surface area contributed by atoms with Gasteiger partial charge in [0.05, 0.1) is 0 Å². The van der Waals surface area contributed by atoms with Crippen LogP contribution < -0.4 is 0 Å². The van der Waals surface area contributed by atoms with E-state index in [1.54, 1.807) is 0 Å². The third-order valence-electron chi connectivity index (χ3n) is 4.74. The van der Waals surface area contributed by atoms with Crippen molar-refractivity contribution in [1.82, 2.24) is 0 Å². The highest BCUT2D eigenvalue weighted by Gasteiger charge is 2.28. The summed E-state index contributed by atoms with van der Waals surface area (Å²) in [5.41, 5.74) is 6.56. The fraction of sp³-hybridized carbons (Fsp3) is 0.545. The number of halogens is 1. The first kappa shape index (κ1) is 20.0. The summed E-state index contributed by atoms with van der Waals surface area (Å²) >= 11 is 6.56. The first-order valence-electron chi connectivity index (χ1n) is 8.74. The van der Waals surface area contributed by atoms with E-state index in [1.807, 2.05) is 6.08 Å². The molecule has 0 aliphatic carbocycles. The van der Waals surface area contributed by atoms with Gasteiger partial charge in [0, 0.05) is 10.6 Å². The first-order valence-corrected chi connectivity index (χ1v) is 9.12. The second kappa shape index (κ2) is 8.20. The maximum atomic E-state index is 6.56. The minimum atomic E-state index is 0.240. The van der Waals surface area contributed by atoms with E-state index in [0.717, 1.165) is 16.2 Å². The van der Waals surface area contributed by atoms with E-state index in [4.69, 9.17) is 11.6 Å². The zero-order valence-electron chi connectivity index (χ0n) is 16.0. The molecule has 0 saturated carbocycles. The van der Waals surface area contributed by atoms with Gasteiger partial charge in [0.1, 0.15) is 0 Å². The van der Waals surface area contributed by atoms with Crippen molar-refractivity contribution < 1.29 is 0 Å². The third-order valence-corrected chi connectivity index (χ3v) is 5.05. The molecule has 0 saturated heterocycles. The Balaban J connectivity index is 3.55. The number of hydrogen-bond acceptors (Lipinski definition) is 0. The van der Waals surface area contributed by atoms with Crippen LogP contribution in [0.5, 0.6) is 0 Å². The number of rotatable bonds is 6. The standard InChI is InChI=1S/C22H33Cl/c1-9-11-12-19(22(6,7)8)18-13-14-20(23)21(16(18)5)17(10-2)15(3)4/h10,13-14,19H,2,9,11-12H2,1,3-8H3. The first-order chi connectivity index (χ1) is 10.6. The molecule has 0 spiro atoms. The van der Waals surface area contributed by atoms with E-state index >= 15 is 0 Å². The van der Waals surface area contributed by atoms with E-state index < -0.39 is 0 Å². The summed E-state index contributed by atoms with van der Waals surface area (Å²) in [6, 6.07) is 4.30. The lowest BCUT2D eigenvalue weighted by molar-refractivity contribution is 0.298. The van der Waals surface area contributed by atoms with E-state index in [0.29, 0.717) is 5.92 Å². The molecule has 0 aromatic heterocycles. The van der Waals surface area contributed by atoms with Crippen LogP contribution in [0.2, 0.25) is 5.02 Å². The molecule has 0 heterocycles. The Morgan fingerprint density at radius 3 is 2.30 bits per heavy atom. The Morgan fingerprint density at radius 1 is 1.26 bits per heavy atom. The predicted molar refractivity (Wildman–Crippen MR) is 106 cm³/mol. The van der Waals surface area contributed by atoms with Crippen LogP contribution in [0.4, 0.5) is 0 Å². The zero-order valence-corrected chi connectivity index (χ0v) is 16.8. The monoisotopic (exact) mass is 332 g/mol. The molecule has 0 fully saturated rings. The molecule has 1 atom stereocenters. The molecule has 0 N–H and O–H groups in total. The molecular formula is C22H33Cl. The van der Waals surface area contributed by atoms with Gasteiger partial charge >= 0.3 is 0 Å². The van der Waals surface area contributed by atoms with Crippen molar-refractivity contribution in [1.29, 1.82) is 0 Å². The molecule has 0 bridgehead atoms. The minimum absolute atomic E-state index is 0.240. The van der Waals surface area contributed by atoms with Gasteiger partial charge < -0.3 is 0 Å². The highest BCUT2D eigenvalue weighted by Crippen LogP contribution is 2.43. The van der Waals surface area contributed by atoms with Crippen molar-refractivity contribution in [2.45, 2.75) is 73.6 Å². The highest BCUT2D eigenvalue weighted by molar-refractivity contribution is 6.32. The van der Waals surface area contributed by atoms with E-state index in [9.17, 15) is 0 Å². The number of hydrogen-bond donors (Lipinski definition) is 0. The number of unbranched alkanes of at least 4 members (excludes halogenated alkanes) is 1. The van der Waals surface area contributed by atoms with Gasteiger partial charge in [-0.3, -0.25) is 0 Å². The summed E-state index contributed by atoms with van der Waals surface area (Å²) in [6.45, 7) is 19.8. The Bertz CT molecular complexity index is 581. The van der Waals surface area contributed by atoms with Crippen molar-refractivity contribution in [3.05, 3.63) is 52.1 Å². The average molecular weight is 333 g/mol. The van der Waals surface area contributed by atoms with Gasteiger partial charge in [-0.05, 0) is 61.3 Å². The maximum Gasteiger partial charge on any atom is 0.0487 e. The topological polar surface area (TPSA) is 0 Å². The smallest absolute Gasteiger partial charge is 0.0487 e. The van der Waals surface area contributed by atoms with Crippen LogP contribution in [0.3, 0.4) is 0 Å². The number of allylic oxidation sites excluding steroid dienone is 3. The van der Waals surface area contributed by atoms with Crippen LogP contribution in [-0.2, 0) is 0 Å². The lowest BCUT2D eigenvalue weighted by Crippen LogP contribution is -2.20. The largest absolute Gasteiger partial charge is 0.0984 e. The van der Waals surface area contributed by atoms with Crippen molar-refractivity contribution >= 4 is 17.2 Å². The van der Waals surface area contributed by atoms with Crippen LogP contribution in [0.15, 0.2) is 30.4 Å². The molecule has 128 valence electrons.